The van der Waals surface area contributed by atoms with Crippen LogP contribution in [-0.4, -0.2) is 12.6 Å². The van der Waals surface area contributed by atoms with Crippen LogP contribution in [0, 0.1) is 0 Å². The van der Waals surface area contributed by atoms with E-state index in [9.17, 15) is 0 Å². The molecule has 1 nitrogen and oxygen atoms in total. The second kappa shape index (κ2) is 6.19. The molecule has 1 aliphatic carbocycles. The number of rotatable bonds is 6. The summed E-state index contributed by atoms with van der Waals surface area (Å²) in [5, 5.41) is 3.68. The van der Waals surface area contributed by atoms with Gasteiger partial charge in [-0.15, -0.1) is 6.58 Å². The van der Waals surface area contributed by atoms with E-state index >= 15 is 0 Å². The minimum atomic E-state index is 0.276. The summed E-state index contributed by atoms with van der Waals surface area (Å²) in [4.78, 5) is 0. The predicted molar refractivity (Wildman–Crippen MR) is 78.9 cm³/mol. The first kappa shape index (κ1) is 13.4. The Bertz CT molecular complexity index is 362. The number of hydrogen-bond acceptors (Lipinski definition) is 1. The van der Waals surface area contributed by atoms with Gasteiger partial charge in [0.2, 0.25) is 0 Å². The quantitative estimate of drug-likeness (QED) is 0.743. The average molecular weight is 243 g/mol. The lowest BCUT2D eigenvalue weighted by Crippen LogP contribution is -2.45. The molecule has 1 heteroatoms. The number of hydrogen-bond donors (Lipinski definition) is 1. The Morgan fingerprint density at radius 3 is 2.50 bits per heavy atom. The van der Waals surface area contributed by atoms with E-state index in [4.69, 9.17) is 0 Å². The third-order valence-electron chi connectivity index (χ3n) is 4.29. The molecule has 1 saturated carbocycles. The number of nitrogens with one attached hydrogen (secondary N) is 1. The first-order chi connectivity index (χ1) is 8.83. The summed E-state index contributed by atoms with van der Waals surface area (Å²) in [7, 11) is 0. The summed E-state index contributed by atoms with van der Waals surface area (Å²) < 4.78 is 0. The van der Waals surface area contributed by atoms with Gasteiger partial charge in [-0.2, -0.15) is 0 Å². The molecule has 0 heterocycles. The van der Waals surface area contributed by atoms with Crippen LogP contribution < -0.4 is 5.32 Å². The van der Waals surface area contributed by atoms with Gasteiger partial charge >= 0.3 is 0 Å². The summed E-state index contributed by atoms with van der Waals surface area (Å²) in [5.74, 6) is 0. The Kier molecular flexibility index (Phi) is 4.60. The zero-order valence-corrected chi connectivity index (χ0v) is 11.5. The van der Waals surface area contributed by atoms with Crippen LogP contribution in [0.5, 0.6) is 0 Å². The van der Waals surface area contributed by atoms with Crippen LogP contribution in [0.25, 0.3) is 0 Å². The lowest BCUT2D eigenvalue weighted by molar-refractivity contribution is 0.341. The molecule has 1 aromatic rings. The van der Waals surface area contributed by atoms with Crippen LogP contribution in [-0.2, 0) is 5.41 Å². The SMILES string of the molecule is C=CC(NCCC)C1(c2ccccc2)CCCC1. The minimum Gasteiger partial charge on any atom is -0.310 e. The highest BCUT2D eigenvalue weighted by Gasteiger charge is 2.40. The van der Waals surface area contributed by atoms with E-state index in [1.807, 2.05) is 0 Å². The average Bonchev–Trinajstić information content (AvgIpc) is 2.91. The largest absolute Gasteiger partial charge is 0.310 e. The normalized spacial score (nSPS) is 19.6. The van der Waals surface area contributed by atoms with Crippen molar-refractivity contribution in [3.05, 3.63) is 48.6 Å². The van der Waals surface area contributed by atoms with Gasteiger partial charge in [-0.05, 0) is 31.4 Å². The molecule has 0 aromatic heterocycles. The lowest BCUT2D eigenvalue weighted by Gasteiger charge is -2.37. The second-order valence-electron chi connectivity index (χ2n) is 5.40. The van der Waals surface area contributed by atoms with Crippen molar-refractivity contribution in [2.45, 2.75) is 50.5 Å². The summed E-state index contributed by atoms with van der Waals surface area (Å²) >= 11 is 0. The van der Waals surface area contributed by atoms with E-state index in [1.54, 1.807) is 0 Å². The molecule has 0 amide bonds. The Morgan fingerprint density at radius 2 is 1.94 bits per heavy atom. The Labute approximate surface area is 111 Å². The van der Waals surface area contributed by atoms with Crippen molar-refractivity contribution in [3.63, 3.8) is 0 Å². The lowest BCUT2D eigenvalue weighted by atomic mass is 9.72. The minimum absolute atomic E-state index is 0.276. The van der Waals surface area contributed by atoms with Crippen LogP contribution >= 0.6 is 0 Å². The highest BCUT2D eigenvalue weighted by Crippen LogP contribution is 2.44. The van der Waals surface area contributed by atoms with E-state index in [0.29, 0.717) is 6.04 Å². The van der Waals surface area contributed by atoms with Crippen molar-refractivity contribution < 1.29 is 0 Å². The van der Waals surface area contributed by atoms with Crippen LogP contribution in [0.3, 0.4) is 0 Å². The molecule has 0 bridgehead atoms. The van der Waals surface area contributed by atoms with Crippen molar-refractivity contribution in [2.24, 2.45) is 0 Å². The molecule has 1 aromatic carbocycles. The Hall–Kier alpha value is -1.08. The van der Waals surface area contributed by atoms with E-state index in [1.165, 1.54) is 37.7 Å². The van der Waals surface area contributed by atoms with Crippen LogP contribution in [0.2, 0.25) is 0 Å². The number of benzene rings is 1. The first-order valence-corrected chi connectivity index (χ1v) is 7.25. The van der Waals surface area contributed by atoms with Crippen molar-refractivity contribution in [2.75, 3.05) is 6.54 Å². The molecule has 1 unspecified atom stereocenters. The van der Waals surface area contributed by atoms with Crippen LogP contribution in [0.1, 0.15) is 44.6 Å². The molecule has 2 rings (SSSR count). The van der Waals surface area contributed by atoms with Gasteiger partial charge in [0.1, 0.15) is 0 Å². The summed E-state index contributed by atoms with van der Waals surface area (Å²) in [6.45, 7) is 7.36. The summed E-state index contributed by atoms with van der Waals surface area (Å²) in [6, 6.07) is 11.4. The second-order valence-corrected chi connectivity index (χ2v) is 5.40. The van der Waals surface area contributed by atoms with Gasteiger partial charge in [-0.25, -0.2) is 0 Å². The zero-order valence-electron chi connectivity index (χ0n) is 11.5. The van der Waals surface area contributed by atoms with Crippen LogP contribution in [0.4, 0.5) is 0 Å². The molecule has 18 heavy (non-hydrogen) atoms. The standard InChI is InChI=1S/C17H25N/c1-3-14-18-16(4-2)17(12-8-9-13-17)15-10-6-5-7-11-15/h4-7,10-11,16,18H,2-3,8-9,12-14H2,1H3. The maximum atomic E-state index is 4.07. The van der Waals surface area contributed by atoms with Crippen molar-refractivity contribution in [1.29, 1.82) is 0 Å². The van der Waals surface area contributed by atoms with Gasteiger partial charge in [-0.3, -0.25) is 0 Å². The van der Waals surface area contributed by atoms with E-state index < -0.39 is 0 Å². The van der Waals surface area contributed by atoms with Crippen molar-refractivity contribution in [3.8, 4) is 0 Å². The Balaban J connectivity index is 2.28. The van der Waals surface area contributed by atoms with Crippen molar-refractivity contribution in [1.82, 2.24) is 5.32 Å². The maximum absolute atomic E-state index is 4.07. The van der Waals surface area contributed by atoms with Gasteiger partial charge in [-0.1, -0.05) is 56.2 Å². The van der Waals surface area contributed by atoms with Gasteiger partial charge in [0.05, 0.1) is 0 Å². The third kappa shape index (κ3) is 2.51. The van der Waals surface area contributed by atoms with E-state index in [0.717, 1.165) is 6.54 Å². The molecule has 0 aliphatic heterocycles. The molecule has 1 fully saturated rings. The fourth-order valence-electron chi connectivity index (χ4n) is 3.36. The highest BCUT2D eigenvalue weighted by molar-refractivity contribution is 5.31. The van der Waals surface area contributed by atoms with Crippen LogP contribution in [0.15, 0.2) is 43.0 Å². The fraction of sp³-hybridized carbons (Fsp3) is 0.529. The van der Waals surface area contributed by atoms with Gasteiger partial charge in [0, 0.05) is 11.5 Å². The molecule has 98 valence electrons. The molecule has 0 saturated heterocycles. The van der Waals surface area contributed by atoms with E-state index in [-0.39, 0.29) is 5.41 Å². The molecule has 1 aliphatic rings. The maximum Gasteiger partial charge on any atom is 0.0344 e. The monoisotopic (exact) mass is 243 g/mol. The molecular formula is C17H25N. The predicted octanol–water partition coefficient (Wildman–Crippen LogP) is 4.05. The van der Waals surface area contributed by atoms with Crippen molar-refractivity contribution >= 4 is 0 Å². The van der Waals surface area contributed by atoms with Gasteiger partial charge in [0.25, 0.3) is 0 Å². The first-order valence-electron chi connectivity index (χ1n) is 7.25. The molecule has 0 spiro atoms. The zero-order chi connectivity index (χ0) is 12.8. The molecule has 1 atom stereocenters. The van der Waals surface area contributed by atoms with E-state index in [2.05, 4.69) is 55.2 Å². The smallest absolute Gasteiger partial charge is 0.0344 e. The Morgan fingerprint density at radius 1 is 1.28 bits per heavy atom. The van der Waals surface area contributed by atoms with Gasteiger partial charge < -0.3 is 5.32 Å². The van der Waals surface area contributed by atoms with Gasteiger partial charge in [0.15, 0.2) is 0 Å². The molecule has 0 radical (unpaired) electrons. The third-order valence-corrected chi connectivity index (χ3v) is 4.29. The highest BCUT2D eigenvalue weighted by atomic mass is 14.9. The summed E-state index contributed by atoms with van der Waals surface area (Å²) in [6.07, 6.45) is 8.54. The fourth-order valence-corrected chi connectivity index (χ4v) is 3.36. The molecular weight excluding hydrogens is 218 g/mol. The molecule has 1 N–H and O–H groups in total. The summed E-state index contributed by atoms with van der Waals surface area (Å²) in [5.41, 5.74) is 1.76. The topological polar surface area (TPSA) is 12.0 Å².